The molecular formula is C29H29F2N3O5. The first-order chi connectivity index (χ1) is 18.5. The van der Waals surface area contributed by atoms with Crippen molar-refractivity contribution in [3.63, 3.8) is 0 Å². The number of piperidine rings is 1. The van der Waals surface area contributed by atoms with Gasteiger partial charge in [-0.3, -0.25) is 0 Å². The van der Waals surface area contributed by atoms with Gasteiger partial charge < -0.3 is 24.8 Å². The Hall–Kier alpha value is -4.21. The van der Waals surface area contributed by atoms with Gasteiger partial charge in [0.05, 0.1) is 11.2 Å². The van der Waals surface area contributed by atoms with Crippen molar-refractivity contribution in [2.75, 3.05) is 13.1 Å². The number of carbonyl (C=O) groups is 2. The van der Waals surface area contributed by atoms with Gasteiger partial charge in [-0.15, -0.1) is 0 Å². The Morgan fingerprint density at radius 2 is 1.87 bits per heavy atom. The second kappa shape index (κ2) is 9.83. The maximum absolute atomic E-state index is 14.1. The van der Waals surface area contributed by atoms with E-state index in [1.54, 1.807) is 26.0 Å². The molecule has 2 aliphatic rings. The fraction of sp³-hybridized carbons (Fsp3) is 0.345. The van der Waals surface area contributed by atoms with Crippen LogP contribution in [0.15, 0.2) is 60.7 Å². The van der Waals surface area contributed by atoms with Crippen molar-refractivity contribution in [1.29, 1.82) is 0 Å². The van der Waals surface area contributed by atoms with Crippen LogP contribution in [-0.2, 0) is 16.9 Å². The van der Waals surface area contributed by atoms with Crippen LogP contribution in [0.1, 0.15) is 31.9 Å². The van der Waals surface area contributed by atoms with E-state index in [1.165, 1.54) is 11.0 Å². The maximum atomic E-state index is 14.1. The molecular weight excluding hydrogens is 508 g/mol. The van der Waals surface area contributed by atoms with E-state index in [0.717, 1.165) is 17.7 Å². The third-order valence-electron chi connectivity index (χ3n) is 7.59. The molecule has 2 amide bonds. The minimum Gasteiger partial charge on any atom is -0.473 e. The normalized spacial score (nSPS) is 21.7. The average molecular weight is 538 g/mol. The molecule has 5 rings (SSSR count). The highest BCUT2D eigenvalue weighted by atomic mass is 19.2. The highest BCUT2D eigenvalue weighted by Crippen LogP contribution is 2.59. The summed E-state index contributed by atoms with van der Waals surface area (Å²) in [5.74, 6) is -1.73. The van der Waals surface area contributed by atoms with Gasteiger partial charge in [0.2, 0.25) is 5.88 Å². The van der Waals surface area contributed by atoms with Crippen molar-refractivity contribution in [3.8, 4) is 17.1 Å². The van der Waals surface area contributed by atoms with Gasteiger partial charge in [0.15, 0.2) is 11.6 Å². The molecule has 0 bridgehead atoms. The number of fused-ring (bicyclic) bond motifs is 1. The number of nitrogens with one attached hydrogen (secondary N) is 1. The Kier molecular flexibility index (Phi) is 6.65. The lowest BCUT2D eigenvalue weighted by Crippen LogP contribution is -2.41. The summed E-state index contributed by atoms with van der Waals surface area (Å²) in [5.41, 5.74) is 0.820. The fourth-order valence-corrected chi connectivity index (χ4v) is 5.15. The maximum Gasteiger partial charge on any atom is 0.408 e. The molecule has 0 spiro atoms. The molecule has 2 N–H and O–H groups in total. The molecule has 3 aromatic rings. The van der Waals surface area contributed by atoms with Gasteiger partial charge in [-0.2, -0.15) is 0 Å². The van der Waals surface area contributed by atoms with Gasteiger partial charge in [0.1, 0.15) is 12.7 Å². The van der Waals surface area contributed by atoms with Crippen molar-refractivity contribution in [2.24, 2.45) is 11.3 Å². The monoisotopic (exact) mass is 537 g/mol. The SMILES string of the molecule is CC(C)(NC(=O)OCc1ccccc1)c1cc(O[C@H]2[C@@H]3CN(C(=O)O)CC32C)nc(-c2ccc(F)c(F)c2)c1. The number of alkyl carbamates (subject to hydrolysis) is 1. The number of carbonyl (C=O) groups excluding carboxylic acids is 1. The molecule has 204 valence electrons. The van der Waals surface area contributed by atoms with Gasteiger partial charge in [-0.1, -0.05) is 37.3 Å². The van der Waals surface area contributed by atoms with Crippen LogP contribution >= 0.6 is 0 Å². The van der Waals surface area contributed by atoms with E-state index >= 15 is 0 Å². The summed E-state index contributed by atoms with van der Waals surface area (Å²) in [7, 11) is 0. The van der Waals surface area contributed by atoms with E-state index in [-0.39, 0.29) is 29.9 Å². The summed E-state index contributed by atoms with van der Waals surface area (Å²) < 4.78 is 39.3. The van der Waals surface area contributed by atoms with Crippen LogP contribution in [0.2, 0.25) is 0 Å². The Balaban J connectivity index is 1.39. The van der Waals surface area contributed by atoms with Crippen molar-refractivity contribution in [3.05, 3.63) is 83.4 Å². The molecule has 1 unspecified atom stereocenters. The predicted molar refractivity (Wildman–Crippen MR) is 138 cm³/mol. The number of amides is 2. The first-order valence-electron chi connectivity index (χ1n) is 12.6. The number of hydrogen-bond acceptors (Lipinski definition) is 5. The summed E-state index contributed by atoms with van der Waals surface area (Å²) in [6, 6.07) is 16.1. The third kappa shape index (κ3) is 5.36. The van der Waals surface area contributed by atoms with E-state index in [2.05, 4.69) is 10.3 Å². The second-order valence-corrected chi connectivity index (χ2v) is 10.8. The Labute approximate surface area is 224 Å². The van der Waals surface area contributed by atoms with Crippen molar-refractivity contribution in [1.82, 2.24) is 15.2 Å². The number of rotatable bonds is 7. The number of benzene rings is 2. The molecule has 2 fully saturated rings. The van der Waals surface area contributed by atoms with E-state index in [4.69, 9.17) is 9.47 Å². The first kappa shape index (κ1) is 26.4. The summed E-state index contributed by atoms with van der Waals surface area (Å²) in [6.07, 6.45) is -1.84. The molecule has 10 heteroatoms. The zero-order valence-corrected chi connectivity index (χ0v) is 21.8. The molecule has 1 aliphatic carbocycles. The Morgan fingerprint density at radius 3 is 2.51 bits per heavy atom. The molecule has 1 aromatic heterocycles. The largest absolute Gasteiger partial charge is 0.473 e. The smallest absolute Gasteiger partial charge is 0.408 e. The quantitative estimate of drug-likeness (QED) is 0.409. The van der Waals surface area contributed by atoms with Crippen molar-refractivity contribution < 1.29 is 33.0 Å². The zero-order valence-electron chi connectivity index (χ0n) is 21.8. The molecule has 8 nitrogen and oxygen atoms in total. The number of pyridine rings is 1. The van der Waals surface area contributed by atoms with Crippen molar-refractivity contribution in [2.45, 2.75) is 39.0 Å². The zero-order chi connectivity index (χ0) is 27.9. The summed E-state index contributed by atoms with van der Waals surface area (Å²) in [4.78, 5) is 29.9. The number of carboxylic acid groups (broad SMARTS) is 1. The van der Waals surface area contributed by atoms with E-state index in [9.17, 15) is 23.5 Å². The highest BCUT2D eigenvalue weighted by Gasteiger charge is 2.69. The molecule has 1 saturated heterocycles. The van der Waals surface area contributed by atoms with Gasteiger partial charge >= 0.3 is 12.2 Å². The van der Waals surface area contributed by atoms with Crippen LogP contribution in [0.3, 0.4) is 0 Å². The summed E-state index contributed by atoms with van der Waals surface area (Å²) in [6.45, 7) is 6.36. The van der Waals surface area contributed by atoms with Crippen LogP contribution in [0.5, 0.6) is 5.88 Å². The minimum absolute atomic E-state index is 0.0184. The standard InChI is InChI=1S/C29H29F2N3O5/c1-28(2,33-26(35)38-15-17-7-5-4-6-8-17)19-12-23(18-9-10-21(30)22(31)11-18)32-24(13-19)39-25-20-14-34(27(36)37)16-29(20,25)3/h4-13,20,25H,14-16H2,1-3H3,(H,33,35)(H,36,37)/t20-,25-,29?/m0/s1. The Morgan fingerprint density at radius 1 is 1.13 bits per heavy atom. The number of ether oxygens (including phenoxy) is 2. The lowest BCUT2D eigenvalue weighted by Gasteiger charge is -2.27. The first-order valence-corrected chi connectivity index (χ1v) is 12.6. The van der Waals surface area contributed by atoms with Crippen molar-refractivity contribution >= 4 is 12.2 Å². The van der Waals surface area contributed by atoms with Crippen LogP contribution in [0.4, 0.5) is 18.4 Å². The average Bonchev–Trinajstić information content (AvgIpc) is 3.23. The second-order valence-electron chi connectivity index (χ2n) is 10.8. The summed E-state index contributed by atoms with van der Waals surface area (Å²) >= 11 is 0. The molecule has 2 heterocycles. The van der Waals surface area contributed by atoms with Crippen LogP contribution in [0.25, 0.3) is 11.3 Å². The third-order valence-corrected chi connectivity index (χ3v) is 7.59. The molecule has 0 radical (unpaired) electrons. The van der Waals surface area contributed by atoms with Gasteiger partial charge in [-0.25, -0.2) is 23.4 Å². The lowest BCUT2D eigenvalue weighted by molar-refractivity contribution is 0.128. The van der Waals surface area contributed by atoms with Gasteiger partial charge in [0, 0.05) is 36.1 Å². The molecule has 2 aromatic carbocycles. The predicted octanol–water partition coefficient (Wildman–Crippen LogP) is 5.57. The Bertz CT molecular complexity index is 1420. The van der Waals surface area contributed by atoms with Crippen LogP contribution < -0.4 is 10.1 Å². The van der Waals surface area contributed by atoms with Gasteiger partial charge in [0.25, 0.3) is 0 Å². The lowest BCUT2D eigenvalue weighted by atomic mass is 9.93. The number of likely N-dealkylation sites (tertiary alicyclic amines) is 1. The molecule has 3 atom stereocenters. The van der Waals surface area contributed by atoms with E-state index in [0.29, 0.717) is 29.9 Å². The summed E-state index contributed by atoms with van der Waals surface area (Å²) in [5, 5.41) is 12.2. The molecule has 1 saturated carbocycles. The topological polar surface area (TPSA) is 101 Å². The number of nitrogens with zero attached hydrogens (tertiary/aromatic N) is 2. The number of hydrogen-bond donors (Lipinski definition) is 2. The van der Waals surface area contributed by atoms with Crippen LogP contribution in [-0.4, -0.2) is 46.4 Å². The molecule has 39 heavy (non-hydrogen) atoms. The fourth-order valence-electron chi connectivity index (χ4n) is 5.15. The highest BCUT2D eigenvalue weighted by molar-refractivity contribution is 5.69. The number of halogens is 2. The van der Waals surface area contributed by atoms with E-state index in [1.807, 2.05) is 37.3 Å². The van der Waals surface area contributed by atoms with Gasteiger partial charge in [-0.05, 0) is 49.2 Å². The number of aromatic nitrogens is 1. The van der Waals surface area contributed by atoms with E-state index < -0.39 is 29.4 Å². The minimum atomic E-state index is -1.01. The molecule has 1 aliphatic heterocycles. The van der Waals surface area contributed by atoms with Crippen LogP contribution in [0, 0.1) is 23.0 Å².